The first-order chi connectivity index (χ1) is 9.93. The first kappa shape index (κ1) is 16.0. The van der Waals surface area contributed by atoms with E-state index in [1.807, 2.05) is 26.0 Å². The van der Waals surface area contributed by atoms with E-state index in [9.17, 15) is 4.79 Å². The zero-order chi connectivity index (χ0) is 15.5. The summed E-state index contributed by atoms with van der Waals surface area (Å²) in [4.78, 5) is 12.1. The van der Waals surface area contributed by atoms with Gasteiger partial charge in [-0.1, -0.05) is 25.5 Å². The Bertz CT molecular complexity index is 516. The van der Waals surface area contributed by atoms with Gasteiger partial charge in [0.25, 0.3) is 0 Å². The second kappa shape index (κ2) is 6.60. The van der Waals surface area contributed by atoms with E-state index in [1.54, 1.807) is 13.1 Å². The molecule has 1 aliphatic rings. The highest BCUT2D eigenvalue weighted by Gasteiger charge is 2.33. The lowest BCUT2D eigenvalue weighted by molar-refractivity contribution is 0.132. The summed E-state index contributed by atoms with van der Waals surface area (Å²) in [5.74, 6) is 2.12. The predicted octanol–water partition coefficient (Wildman–Crippen LogP) is 4.28. The number of ether oxygens (including phenoxy) is 2. The summed E-state index contributed by atoms with van der Waals surface area (Å²) in [6, 6.07) is 5.69. The Morgan fingerprint density at radius 1 is 1.48 bits per heavy atom. The van der Waals surface area contributed by atoms with Crippen molar-refractivity contribution in [3.05, 3.63) is 23.8 Å². The molecule has 1 heterocycles. The van der Waals surface area contributed by atoms with Gasteiger partial charge in [-0.2, -0.15) is 0 Å². The first-order valence-electron chi connectivity index (χ1n) is 7.32. The number of hydrogen-bond donors (Lipinski definition) is 0. The van der Waals surface area contributed by atoms with Crippen molar-refractivity contribution >= 4 is 18.0 Å². The number of unbranched alkanes of at least 4 members (excludes halogenated alkanes) is 1. The molecule has 0 atom stereocenters. The molecule has 1 aromatic rings. The number of hydrogen-bond acceptors (Lipinski definition) is 4. The van der Waals surface area contributed by atoms with Crippen LogP contribution >= 0.6 is 11.9 Å². The molecular weight excluding hydrogens is 286 g/mol. The van der Waals surface area contributed by atoms with Crippen LogP contribution in [0.1, 0.15) is 39.2 Å². The van der Waals surface area contributed by atoms with Crippen molar-refractivity contribution in [3.63, 3.8) is 0 Å². The molecule has 0 radical (unpaired) electrons. The van der Waals surface area contributed by atoms with Crippen molar-refractivity contribution in [3.8, 4) is 11.5 Å². The number of benzene rings is 1. The van der Waals surface area contributed by atoms with Gasteiger partial charge in [-0.15, -0.1) is 0 Å². The Hall–Kier alpha value is -1.36. The third-order valence-electron chi connectivity index (χ3n) is 3.29. The molecule has 0 N–H and O–H groups in total. The highest BCUT2D eigenvalue weighted by Crippen LogP contribution is 2.41. The van der Waals surface area contributed by atoms with Crippen LogP contribution in [-0.4, -0.2) is 28.8 Å². The highest BCUT2D eigenvalue weighted by atomic mass is 32.2. The maximum absolute atomic E-state index is 12.1. The fourth-order valence-electron chi connectivity index (χ4n) is 2.22. The third-order valence-corrected chi connectivity index (χ3v) is 4.30. The minimum Gasteiger partial charge on any atom is -0.483 e. The SMILES string of the molecule is CCCCSN(C)C(=O)Oc1cccc2c1OC(C)(C)C2. The lowest BCUT2D eigenvalue weighted by Crippen LogP contribution is -2.26. The average Bonchev–Trinajstić information content (AvgIpc) is 2.74. The molecule has 0 saturated carbocycles. The number of nitrogens with zero attached hydrogens (tertiary/aromatic N) is 1. The largest absolute Gasteiger partial charge is 0.483 e. The van der Waals surface area contributed by atoms with Gasteiger partial charge in [0.1, 0.15) is 5.60 Å². The van der Waals surface area contributed by atoms with E-state index >= 15 is 0 Å². The Morgan fingerprint density at radius 3 is 2.95 bits per heavy atom. The van der Waals surface area contributed by atoms with E-state index in [0.717, 1.165) is 30.6 Å². The molecule has 0 fully saturated rings. The average molecular weight is 309 g/mol. The van der Waals surface area contributed by atoms with Crippen LogP contribution in [0.4, 0.5) is 4.79 Å². The molecule has 116 valence electrons. The molecule has 0 spiro atoms. The number of para-hydroxylation sites is 1. The summed E-state index contributed by atoms with van der Waals surface area (Å²) in [7, 11) is 1.73. The molecule has 1 aliphatic heterocycles. The number of carbonyl (C=O) groups excluding carboxylic acids is 1. The van der Waals surface area contributed by atoms with Crippen molar-refractivity contribution in [2.24, 2.45) is 0 Å². The maximum Gasteiger partial charge on any atom is 0.425 e. The summed E-state index contributed by atoms with van der Waals surface area (Å²) in [5, 5.41) is 0. The lowest BCUT2D eigenvalue weighted by Gasteiger charge is -2.19. The number of rotatable bonds is 5. The molecule has 2 rings (SSSR count). The van der Waals surface area contributed by atoms with Crippen molar-refractivity contribution < 1.29 is 14.3 Å². The second-order valence-electron chi connectivity index (χ2n) is 5.84. The smallest absolute Gasteiger partial charge is 0.425 e. The van der Waals surface area contributed by atoms with Crippen LogP contribution in [0.5, 0.6) is 11.5 Å². The van der Waals surface area contributed by atoms with E-state index < -0.39 is 0 Å². The maximum atomic E-state index is 12.1. The van der Waals surface area contributed by atoms with E-state index in [-0.39, 0.29) is 11.7 Å². The molecule has 0 unspecified atom stereocenters. The van der Waals surface area contributed by atoms with E-state index in [4.69, 9.17) is 9.47 Å². The van der Waals surface area contributed by atoms with Crippen molar-refractivity contribution in [2.75, 3.05) is 12.8 Å². The van der Waals surface area contributed by atoms with Gasteiger partial charge in [0.15, 0.2) is 11.5 Å². The topological polar surface area (TPSA) is 38.8 Å². The van der Waals surface area contributed by atoms with Gasteiger partial charge >= 0.3 is 6.09 Å². The van der Waals surface area contributed by atoms with Gasteiger partial charge in [0, 0.05) is 24.8 Å². The molecular formula is C16H23NO3S. The molecule has 5 heteroatoms. The van der Waals surface area contributed by atoms with E-state index in [2.05, 4.69) is 6.92 Å². The standard InChI is InChI=1S/C16H23NO3S/c1-5-6-10-21-17(4)15(18)19-13-9-7-8-12-11-16(2,3)20-14(12)13/h7-9H,5-6,10-11H2,1-4H3. The molecule has 0 aliphatic carbocycles. The van der Waals surface area contributed by atoms with Crippen LogP contribution in [0.15, 0.2) is 18.2 Å². The Morgan fingerprint density at radius 2 is 2.24 bits per heavy atom. The number of amides is 1. The van der Waals surface area contributed by atoms with Gasteiger partial charge in [-0.05, 0) is 38.3 Å². The Balaban J connectivity index is 2.01. The lowest BCUT2D eigenvalue weighted by atomic mass is 10.0. The van der Waals surface area contributed by atoms with Crippen molar-refractivity contribution in [1.82, 2.24) is 4.31 Å². The van der Waals surface area contributed by atoms with Crippen molar-refractivity contribution in [1.29, 1.82) is 0 Å². The summed E-state index contributed by atoms with van der Waals surface area (Å²) in [5.41, 5.74) is 0.846. The van der Waals surface area contributed by atoms with Gasteiger partial charge in [0.2, 0.25) is 0 Å². The van der Waals surface area contributed by atoms with E-state index in [0.29, 0.717) is 11.5 Å². The van der Waals surface area contributed by atoms with Crippen LogP contribution in [0.25, 0.3) is 0 Å². The van der Waals surface area contributed by atoms with Gasteiger partial charge in [-0.3, -0.25) is 4.31 Å². The number of fused-ring (bicyclic) bond motifs is 1. The zero-order valence-corrected chi connectivity index (χ0v) is 14.0. The first-order valence-corrected chi connectivity index (χ1v) is 8.26. The van der Waals surface area contributed by atoms with Gasteiger partial charge < -0.3 is 9.47 Å². The summed E-state index contributed by atoms with van der Waals surface area (Å²) in [6.45, 7) is 6.20. The quantitative estimate of drug-likeness (QED) is 0.601. The molecule has 21 heavy (non-hydrogen) atoms. The van der Waals surface area contributed by atoms with E-state index in [1.165, 1.54) is 16.3 Å². The van der Waals surface area contributed by atoms with Crippen LogP contribution in [0, 0.1) is 0 Å². The predicted molar refractivity (Wildman–Crippen MR) is 86.0 cm³/mol. The van der Waals surface area contributed by atoms with Gasteiger partial charge in [-0.25, -0.2) is 4.79 Å². The minimum atomic E-state index is -0.363. The molecule has 4 nitrogen and oxygen atoms in total. The summed E-state index contributed by atoms with van der Waals surface area (Å²) >= 11 is 1.48. The summed E-state index contributed by atoms with van der Waals surface area (Å²) < 4.78 is 12.9. The van der Waals surface area contributed by atoms with Crippen LogP contribution in [-0.2, 0) is 6.42 Å². The highest BCUT2D eigenvalue weighted by molar-refractivity contribution is 7.97. The zero-order valence-electron chi connectivity index (χ0n) is 13.1. The van der Waals surface area contributed by atoms with Crippen molar-refractivity contribution in [2.45, 2.75) is 45.6 Å². The summed E-state index contributed by atoms with van der Waals surface area (Å²) in [6.07, 6.45) is 2.66. The van der Waals surface area contributed by atoms with Crippen LogP contribution in [0.2, 0.25) is 0 Å². The Kier molecular flexibility index (Phi) is 5.04. The molecule has 0 bridgehead atoms. The molecule has 0 aromatic heterocycles. The molecule has 0 saturated heterocycles. The van der Waals surface area contributed by atoms with Gasteiger partial charge in [0.05, 0.1) is 0 Å². The fraction of sp³-hybridized carbons (Fsp3) is 0.562. The second-order valence-corrected chi connectivity index (χ2v) is 7.05. The molecule has 1 amide bonds. The number of carbonyl (C=O) groups is 1. The minimum absolute atomic E-state index is 0.243. The monoisotopic (exact) mass is 309 g/mol. The fourth-order valence-corrected chi connectivity index (χ4v) is 3.06. The van der Waals surface area contributed by atoms with Crippen LogP contribution in [0.3, 0.4) is 0 Å². The Labute approximate surface area is 130 Å². The normalized spacial score (nSPS) is 15.2. The van der Waals surface area contributed by atoms with Crippen LogP contribution < -0.4 is 9.47 Å². The molecule has 1 aromatic carbocycles. The third kappa shape index (κ3) is 4.06.